The van der Waals surface area contributed by atoms with Gasteiger partial charge in [-0.2, -0.15) is 0 Å². The van der Waals surface area contributed by atoms with Crippen LogP contribution in [0.3, 0.4) is 0 Å². The van der Waals surface area contributed by atoms with Gasteiger partial charge in [-0.1, -0.05) is 6.07 Å². The molecule has 1 N–H and O–H groups in total. The van der Waals surface area contributed by atoms with Crippen LogP contribution in [0.15, 0.2) is 33.5 Å². The summed E-state index contributed by atoms with van der Waals surface area (Å²) in [6.45, 7) is 1.37. The van der Waals surface area contributed by atoms with Gasteiger partial charge in [-0.3, -0.25) is 14.7 Å². The second-order valence-corrected chi connectivity index (χ2v) is 8.60. The van der Waals surface area contributed by atoms with Crippen LogP contribution in [0.4, 0.5) is 17.6 Å². The zero-order valence-corrected chi connectivity index (χ0v) is 17.5. The molecule has 6 nitrogen and oxygen atoms in total. The zero-order valence-electron chi connectivity index (χ0n) is 17.5. The third-order valence-corrected chi connectivity index (χ3v) is 6.70. The van der Waals surface area contributed by atoms with Crippen LogP contribution in [0.2, 0.25) is 0 Å². The zero-order chi connectivity index (χ0) is 23.3. The minimum Gasteiger partial charge on any atom is -0.408 e. The van der Waals surface area contributed by atoms with E-state index in [-0.39, 0.29) is 30.0 Å². The number of benzene rings is 2. The molecule has 2 aliphatic rings. The number of halogens is 4. The summed E-state index contributed by atoms with van der Waals surface area (Å²) in [7, 11) is 0. The molecule has 0 saturated carbocycles. The fraction of sp³-hybridized carbons (Fsp3) is 0.391. The number of amides is 1. The standard InChI is InChI=1S/C23H21F4N3O3/c24-15-9-14(19(25)21(27)20(15)26)11-30-8-5-17(22(30)31)29-6-3-12(4-7-29)13-1-2-16-18(10-13)33-23(32)28-16/h1-2,9-10,12,17H,3-8,11H2,(H,28,32). The molecule has 0 bridgehead atoms. The summed E-state index contributed by atoms with van der Waals surface area (Å²) in [4.78, 5) is 30.3. The van der Waals surface area contributed by atoms with Gasteiger partial charge in [0.1, 0.15) is 0 Å². The van der Waals surface area contributed by atoms with E-state index < -0.39 is 29.0 Å². The van der Waals surface area contributed by atoms with Gasteiger partial charge in [-0.15, -0.1) is 0 Å². The van der Waals surface area contributed by atoms with Crippen molar-refractivity contribution in [3.05, 3.63) is 69.2 Å². The SMILES string of the molecule is O=C1C(N2CCC(c3ccc4[nH]c(=O)oc4c3)CC2)CCN1Cc1cc(F)c(F)c(F)c1F. The number of aromatic amines is 1. The summed E-state index contributed by atoms with van der Waals surface area (Å²) in [6.07, 6.45) is 2.15. The van der Waals surface area contributed by atoms with Crippen LogP contribution in [0.25, 0.3) is 11.1 Å². The maximum absolute atomic E-state index is 14.0. The van der Waals surface area contributed by atoms with Crippen molar-refractivity contribution in [2.75, 3.05) is 19.6 Å². The Morgan fingerprint density at radius 3 is 2.45 bits per heavy atom. The van der Waals surface area contributed by atoms with Crippen molar-refractivity contribution in [3.8, 4) is 0 Å². The molecule has 1 aromatic heterocycles. The molecule has 2 fully saturated rings. The van der Waals surface area contributed by atoms with E-state index in [4.69, 9.17) is 4.42 Å². The Morgan fingerprint density at radius 2 is 1.70 bits per heavy atom. The fourth-order valence-corrected chi connectivity index (χ4v) is 4.92. The number of oxazole rings is 1. The van der Waals surface area contributed by atoms with E-state index in [2.05, 4.69) is 9.88 Å². The smallest absolute Gasteiger partial charge is 0.408 e. The first-order valence-electron chi connectivity index (χ1n) is 10.8. The molecular weight excluding hydrogens is 442 g/mol. The van der Waals surface area contributed by atoms with Crippen molar-refractivity contribution in [2.24, 2.45) is 0 Å². The van der Waals surface area contributed by atoms with E-state index in [1.54, 1.807) is 0 Å². The maximum Gasteiger partial charge on any atom is 0.417 e. The molecule has 2 saturated heterocycles. The predicted octanol–water partition coefficient (Wildman–Crippen LogP) is 3.66. The molecule has 174 valence electrons. The number of carbonyl (C=O) groups excluding carboxylic acids is 1. The molecule has 3 heterocycles. The van der Waals surface area contributed by atoms with Gasteiger partial charge < -0.3 is 9.32 Å². The Labute approximate surface area is 185 Å². The van der Waals surface area contributed by atoms with E-state index in [1.807, 2.05) is 18.2 Å². The number of H-pyrrole nitrogens is 1. The summed E-state index contributed by atoms with van der Waals surface area (Å²) in [5.41, 5.74) is 1.85. The number of rotatable bonds is 4. The number of aromatic nitrogens is 1. The van der Waals surface area contributed by atoms with Crippen molar-refractivity contribution >= 4 is 17.0 Å². The average molecular weight is 463 g/mol. The van der Waals surface area contributed by atoms with Gasteiger partial charge in [0.15, 0.2) is 28.9 Å². The van der Waals surface area contributed by atoms with Crippen LogP contribution in [0.1, 0.15) is 36.3 Å². The third kappa shape index (κ3) is 3.92. The molecule has 1 unspecified atom stereocenters. The first-order valence-corrected chi connectivity index (χ1v) is 10.8. The van der Waals surface area contributed by atoms with Gasteiger partial charge in [-0.05, 0) is 62.0 Å². The highest BCUT2D eigenvalue weighted by molar-refractivity contribution is 5.84. The fourth-order valence-electron chi connectivity index (χ4n) is 4.92. The van der Waals surface area contributed by atoms with Crippen molar-refractivity contribution in [3.63, 3.8) is 0 Å². The number of hydrogen-bond acceptors (Lipinski definition) is 4. The number of fused-ring (bicyclic) bond motifs is 1. The van der Waals surface area contributed by atoms with Crippen LogP contribution in [0, 0.1) is 23.3 Å². The van der Waals surface area contributed by atoms with Crippen LogP contribution >= 0.6 is 0 Å². The Bertz CT molecular complexity index is 1280. The van der Waals surface area contributed by atoms with Crippen LogP contribution in [-0.2, 0) is 11.3 Å². The molecule has 10 heteroatoms. The van der Waals surface area contributed by atoms with E-state index >= 15 is 0 Å². The van der Waals surface area contributed by atoms with Crippen molar-refractivity contribution in [1.29, 1.82) is 0 Å². The van der Waals surface area contributed by atoms with E-state index in [0.29, 0.717) is 43.2 Å². The Morgan fingerprint density at radius 1 is 0.939 bits per heavy atom. The first-order chi connectivity index (χ1) is 15.8. The summed E-state index contributed by atoms with van der Waals surface area (Å²) in [5.74, 6) is -7.14. The van der Waals surface area contributed by atoms with E-state index in [9.17, 15) is 27.2 Å². The molecule has 1 atom stereocenters. The Balaban J connectivity index is 1.23. The molecule has 0 radical (unpaired) electrons. The number of hydrogen-bond donors (Lipinski definition) is 1. The van der Waals surface area contributed by atoms with E-state index in [0.717, 1.165) is 18.4 Å². The quantitative estimate of drug-likeness (QED) is 0.364. The molecule has 0 spiro atoms. The van der Waals surface area contributed by atoms with Crippen molar-refractivity contribution < 1.29 is 26.8 Å². The van der Waals surface area contributed by atoms with Gasteiger partial charge in [0.25, 0.3) is 0 Å². The highest BCUT2D eigenvalue weighted by atomic mass is 19.2. The predicted molar refractivity (Wildman–Crippen MR) is 110 cm³/mol. The third-order valence-electron chi connectivity index (χ3n) is 6.70. The normalized spacial score (nSPS) is 20.3. The average Bonchev–Trinajstić information content (AvgIpc) is 3.37. The van der Waals surface area contributed by atoms with Crippen LogP contribution in [0.5, 0.6) is 0 Å². The number of nitrogens with zero attached hydrogens (tertiary/aromatic N) is 2. The molecule has 0 aliphatic carbocycles. The topological polar surface area (TPSA) is 69.5 Å². The molecule has 2 aliphatic heterocycles. The van der Waals surface area contributed by atoms with Gasteiger partial charge in [-0.25, -0.2) is 22.4 Å². The largest absolute Gasteiger partial charge is 0.417 e. The number of carbonyl (C=O) groups is 1. The molecular formula is C23H21F4N3O3. The van der Waals surface area contributed by atoms with Crippen molar-refractivity contribution in [2.45, 2.75) is 37.8 Å². The summed E-state index contributed by atoms with van der Waals surface area (Å²) >= 11 is 0. The molecule has 33 heavy (non-hydrogen) atoms. The van der Waals surface area contributed by atoms with Gasteiger partial charge in [0, 0.05) is 18.7 Å². The van der Waals surface area contributed by atoms with E-state index in [1.165, 1.54) is 4.90 Å². The highest BCUT2D eigenvalue weighted by Gasteiger charge is 2.38. The summed E-state index contributed by atoms with van der Waals surface area (Å²) in [6, 6.07) is 5.87. The second-order valence-electron chi connectivity index (χ2n) is 8.60. The number of nitrogens with one attached hydrogen (secondary N) is 1. The molecule has 5 rings (SSSR count). The lowest BCUT2D eigenvalue weighted by Gasteiger charge is -2.35. The highest BCUT2D eigenvalue weighted by Crippen LogP contribution is 2.32. The van der Waals surface area contributed by atoms with Gasteiger partial charge in [0.05, 0.1) is 11.6 Å². The number of likely N-dealkylation sites (tertiary alicyclic amines) is 2. The van der Waals surface area contributed by atoms with Gasteiger partial charge >= 0.3 is 5.76 Å². The Kier molecular flexibility index (Phi) is 5.48. The molecule has 2 aromatic carbocycles. The van der Waals surface area contributed by atoms with Gasteiger partial charge in [0.2, 0.25) is 5.91 Å². The lowest BCUT2D eigenvalue weighted by molar-refractivity contribution is -0.133. The summed E-state index contributed by atoms with van der Waals surface area (Å²) in [5, 5.41) is 0. The summed E-state index contributed by atoms with van der Waals surface area (Å²) < 4.78 is 59.4. The Hall–Kier alpha value is -3.14. The first kappa shape index (κ1) is 21.7. The monoisotopic (exact) mass is 463 g/mol. The van der Waals surface area contributed by atoms with Crippen LogP contribution < -0.4 is 5.76 Å². The second kappa shape index (κ2) is 8.33. The minimum atomic E-state index is -1.87. The maximum atomic E-state index is 14.0. The van der Waals surface area contributed by atoms with Crippen molar-refractivity contribution in [1.82, 2.24) is 14.8 Å². The number of piperidine rings is 1. The van der Waals surface area contributed by atoms with Crippen LogP contribution in [-0.4, -0.2) is 46.4 Å². The molecule has 3 aromatic rings. The molecule has 1 amide bonds. The minimum absolute atomic E-state index is 0.228. The lowest BCUT2D eigenvalue weighted by atomic mass is 9.88. The lowest BCUT2D eigenvalue weighted by Crippen LogP contribution is -2.45.